The molecule has 21 heavy (non-hydrogen) atoms. The molecule has 0 bridgehead atoms. The summed E-state index contributed by atoms with van der Waals surface area (Å²) in [6, 6.07) is 2.42. The van der Waals surface area contributed by atoms with Crippen LogP contribution in [0, 0.1) is 11.6 Å². The van der Waals surface area contributed by atoms with Crippen LogP contribution in [0.3, 0.4) is 0 Å². The number of aromatic nitrogens is 1. The van der Waals surface area contributed by atoms with E-state index in [9.17, 15) is 8.78 Å². The van der Waals surface area contributed by atoms with Crippen LogP contribution in [-0.4, -0.2) is 17.8 Å². The predicted octanol–water partition coefficient (Wildman–Crippen LogP) is 3.24. The Morgan fingerprint density at radius 1 is 1.48 bits per heavy atom. The topological polar surface area (TPSA) is 72.5 Å². The summed E-state index contributed by atoms with van der Waals surface area (Å²) in [5.74, 6) is -1.72. The highest BCUT2D eigenvalue weighted by atomic mass is 32.1. The SMILES string of the molecule is CCCOc1cc(C=NNc2nc(N)cs2)cc(F)c1F. The molecule has 0 aliphatic carbocycles. The lowest BCUT2D eigenvalue weighted by Crippen LogP contribution is -2.01. The maximum absolute atomic E-state index is 13.5. The van der Waals surface area contributed by atoms with Gasteiger partial charge < -0.3 is 10.5 Å². The molecule has 0 saturated heterocycles. The first-order chi connectivity index (χ1) is 10.1. The van der Waals surface area contributed by atoms with Crippen LogP contribution in [0.15, 0.2) is 22.6 Å². The normalized spacial score (nSPS) is 11.0. The number of ether oxygens (including phenoxy) is 1. The van der Waals surface area contributed by atoms with Crippen LogP contribution >= 0.6 is 11.3 Å². The number of benzene rings is 1. The molecule has 3 N–H and O–H groups in total. The second kappa shape index (κ2) is 6.98. The molecule has 0 unspecified atom stereocenters. The van der Waals surface area contributed by atoms with Crippen molar-refractivity contribution in [2.45, 2.75) is 13.3 Å². The lowest BCUT2D eigenvalue weighted by Gasteiger charge is -2.07. The summed E-state index contributed by atoms with van der Waals surface area (Å²) in [6.07, 6.45) is 2.05. The van der Waals surface area contributed by atoms with Gasteiger partial charge in [0.05, 0.1) is 12.8 Å². The average Bonchev–Trinajstić information content (AvgIpc) is 2.86. The lowest BCUT2D eigenvalue weighted by molar-refractivity contribution is 0.295. The number of thiazole rings is 1. The Bertz CT molecular complexity index is 645. The predicted molar refractivity (Wildman–Crippen MR) is 79.9 cm³/mol. The van der Waals surface area contributed by atoms with E-state index in [0.717, 1.165) is 6.07 Å². The van der Waals surface area contributed by atoms with Crippen LogP contribution in [0.5, 0.6) is 5.75 Å². The molecule has 2 aromatic rings. The quantitative estimate of drug-likeness (QED) is 0.634. The number of hydrazone groups is 1. The number of rotatable bonds is 6. The van der Waals surface area contributed by atoms with Crippen molar-refractivity contribution in [1.29, 1.82) is 0 Å². The third-order valence-electron chi connectivity index (χ3n) is 2.37. The van der Waals surface area contributed by atoms with E-state index in [1.807, 2.05) is 6.92 Å². The molecule has 0 atom stereocenters. The van der Waals surface area contributed by atoms with Gasteiger partial charge in [0.1, 0.15) is 5.82 Å². The van der Waals surface area contributed by atoms with Gasteiger partial charge in [0.2, 0.25) is 10.9 Å². The number of nitrogen functional groups attached to an aromatic ring is 1. The van der Waals surface area contributed by atoms with Gasteiger partial charge in [-0.1, -0.05) is 6.92 Å². The van der Waals surface area contributed by atoms with E-state index in [1.54, 1.807) is 5.38 Å². The summed E-state index contributed by atoms with van der Waals surface area (Å²) in [7, 11) is 0. The fraction of sp³-hybridized carbons (Fsp3) is 0.231. The van der Waals surface area contributed by atoms with Crippen LogP contribution < -0.4 is 15.9 Å². The smallest absolute Gasteiger partial charge is 0.205 e. The molecule has 0 amide bonds. The van der Waals surface area contributed by atoms with Gasteiger partial charge in [-0.15, -0.1) is 11.3 Å². The number of anilines is 2. The first-order valence-electron chi connectivity index (χ1n) is 6.22. The van der Waals surface area contributed by atoms with Crippen molar-refractivity contribution in [3.63, 3.8) is 0 Å². The number of halogens is 2. The molecule has 0 radical (unpaired) electrons. The fourth-order valence-electron chi connectivity index (χ4n) is 1.47. The molecule has 1 aromatic carbocycles. The standard InChI is InChI=1S/C13H14F2N4OS/c1-2-3-20-10-5-8(4-9(14)12(10)15)6-17-19-13-18-11(16)7-21-13/h4-7H,2-3,16H2,1H3,(H,18,19). The summed E-state index contributed by atoms with van der Waals surface area (Å²) >= 11 is 1.28. The Hall–Kier alpha value is -2.22. The van der Waals surface area contributed by atoms with E-state index in [4.69, 9.17) is 10.5 Å². The zero-order valence-electron chi connectivity index (χ0n) is 11.3. The van der Waals surface area contributed by atoms with Gasteiger partial charge in [0.15, 0.2) is 11.6 Å². The van der Waals surface area contributed by atoms with E-state index in [-0.39, 0.29) is 5.75 Å². The van der Waals surface area contributed by atoms with Crippen LogP contribution in [0.4, 0.5) is 19.7 Å². The molecular weight excluding hydrogens is 298 g/mol. The van der Waals surface area contributed by atoms with E-state index < -0.39 is 11.6 Å². The number of nitrogens with zero attached hydrogens (tertiary/aromatic N) is 2. The van der Waals surface area contributed by atoms with Gasteiger partial charge in [-0.25, -0.2) is 9.37 Å². The zero-order chi connectivity index (χ0) is 15.2. The molecule has 0 aliphatic rings. The molecule has 0 spiro atoms. The number of hydrogen-bond donors (Lipinski definition) is 2. The van der Waals surface area contributed by atoms with Crippen molar-refractivity contribution in [3.05, 3.63) is 34.7 Å². The van der Waals surface area contributed by atoms with E-state index >= 15 is 0 Å². The third kappa shape index (κ3) is 4.12. The molecule has 112 valence electrons. The minimum Gasteiger partial charge on any atom is -0.490 e. The van der Waals surface area contributed by atoms with Crippen molar-refractivity contribution in [2.75, 3.05) is 17.8 Å². The van der Waals surface area contributed by atoms with Crippen LogP contribution in [0.25, 0.3) is 0 Å². The average molecular weight is 312 g/mol. The first-order valence-corrected chi connectivity index (χ1v) is 7.10. The van der Waals surface area contributed by atoms with E-state index in [0.29, 0.717) is 29.5 Å². The Balaban J connectivity index is 2.10. The number of hydrogen-bond acceptors (Lipinski definition) is 6. The van der Waals surface area contributed by atoms with Crippen molar-refractivity contribution in [1.82, 2.24) is 4.98 Å². The van der Waals surface area contributed by atoms with Crippen LogP contribution in [-0.2, 0) is 0 Å². The minimum atomic E-state index is -0.999. The molecule has 5 nitrogen and oxygen atoms in total. The van der Waals surface area contributed by atoms with Crippen LogP contribution in [0.1, 0.15) is 18.9 Å². The van der Waals surface area contributed by atoms with E-state index in [1.165, 1.54) is 23.6 Å². The van der Waals surface area contributed by atoms with Gasteiger partial charge in [-0.3, -0.25) is 5.43 Å². The maximum atomic E-state index is 13.5. The van der Waals surface area contributed by atoms with Crippen LogP contribution in [0.2, 0.25) is 0 Å². The number of nitrogens with one attached hydrogen (secondary N) is 1. The molecule has 2 rings (SSSR count). The molecule has 0 saturated carbocycles. The fourth-order valence-corrected chi connectivity index (χ4v) is 2.02. The van der Waals surface area contributed by atoms with Gasteiger partial charge in [0, 0.05) is 10.9 Å². The third-order valence-corrected chi connectivity index (χ3v) is 3.14. The van der Waals surface area contributed by atoms with Crippen molar-refractivity contribution in [3.8, 4) is 5.75 Å². The summed E-state index contributed by atoms with van der Waals surface area (Å²) in [5, 5.41) is 6.06. The monoisotopic (exact) mass is 312 g/mol. The molecule has 0 aliphatic heterocycles. The van der Waals surface area contributed by atoms with Crippen molar-refractivity contribution >= 4 is 28.5 Å². The number of nitrogens with two attached hydrogens (primary N) is 1. The molecular formula is C13H14F2N4OS. The van der Waals surface area contributed by atoms with E-state index in [2.05, 4.69) is 15.5 Å². The highest BCUT2D eigenvalue weighted by Gasteiger charge is 2.11. The lowest BCUT2D eigenvalue weighted by atomic mass is 10.2. The van der Waals surface area contributed by atoms with Gasteiger partial charge in [0.25, 0.3) is 0 Å². The molecule has 8 heteroatoms. The molecule has 1 heterocycles. The Morgan fingerprint density at radius 2 is 2.29 bits per heavy atom. The summed E-state index contributed by atoms with van der Waals surface area (Å²) in [5.41, 5.74) is 8.49. The van der Waals surface area contributed by atoms with Gasteiger partial charge in [-0.2, -0.15) is 9.49 Å². The highest BCUT2D eigenvalue weighted by molar-refractivity contribution is 7.14. The summed E-state index contributed by atoms with van der Waals surface area (Å²) in [6.45, 7) is 2.19. The Morgan fingerprint density at radius 3 is 2.95 bits per heavy atom. The summed E-state index contributed by atoms with van der Waals surface area (Å²) in [4.78, 5) is 3.94. The van der Waals surface area contributed by atoms with Crippen molar-refractivity contribution in [2.24, 2.45) is 5.10 Å². The second-order valence-electron chi connectivity index (χ2n) is 4.11. The Kier molecular flexibility index (Phi) is 5.04. The van der Waals surface area contributed by atoms with Gasteiger partial charge in [-0.05, 0) is 18.6 Å². The van der Waals surface area contributed by atoms with Gasteiger partial charge >= 0.3 is 0 Å². The summed E-state index contributed by atoms with van der Waals surface area (Å²) < 4.78 is 32.1. The Labute approximate surface area is 124 Å². The largest absolute Gasteiger partial charge is 0.490 e. The second-order valence-corrected chi connectivity index (χ2v) is 4.97. The minimum absolute atomic E-state index is 0.128. The molecule has 0 fully saturated rings. The highest BCUT2D eigenvalue weighted by Crippen LogP contribution is 2.22. The maximum Gasteiger partial charge on any atom is 0.205 e. The zero-order valence-corrected chi connectivity index (χ0v) is 12.1. The molecule has 1 aromatic heterocycles. The first kappa shape index (κ1) is 15.2. The van der Waals surface area contributed by atoms with Crippen molar-refractivity contribution < 1.29 is 13.5 Å².